The number of hydrogen-bond donors (Lipinski definition) is 1. The predicted octanol–water partition coefficient (Wildman–Crippen LogP) is 4.07. The summed E-state index contributed by atoms with van der Waals surface area (Å²) in [6.07, 6.45) is 1.77. The zero-order valence-corrected chi connectivity index (χ0v) is 11.6. The van der Waals surface area contributed by atoms with E-state index >= 15 is 0 Å². The van der Waals surface area contributed by atoms with Crippen LogP contribution < -0.4 is 5.32 Å². The monoisotopic (exact) mass is 290 g/mol. The largest absolute Gasteiger partial charge is 0.379 e. The molecule has 0 saturated carbocycles. The number of aromatic nitrogens is 1. The molecule has 0 bridgehead atoms. The zero-order valence-electron chi connectivity index (χ0n) is 10.00. The molecule has 0 fully saturated rings. The van der Waals surface area contributed by atoms with Gasteiger partial charge in [0.15, 0.2) is 0 Å². The van der Waals surface area contributed by atoms with E-state index in [-0.39, 0.29) is 0 Å². The number of nitrogens with one attached hydrogen (secondary N) is 1. The highest BCUT2D eigenvalue weighted by molar-refractivity contribution is 9.10. The molecule has 0 saturated heterocycles. The second-order valence-electron chi connectivity index (χ2n) is 4.13. The van der Waals surface area contributed by atoms with E-state index in [9.17, 15) is 0 Å². The molecule has 1 heterocycles. The molecule has 0 unspecified atom stereocenters. The first-order valence-electron chi connectivity index (χ1n) is 5.57. The zero-order chi connectivity index (χ0) is 12.3. The molecule has 0 radical (unpaired) electrons. The van der Waals surface area contributed by atoms with Gasteiger partial charge in [0.25, 0.3) is 0 Å². The number of anilines is 1. The van der Waals surface area contributed by atoms with Crippen LogP contribution in [0.2, 0.25) is 0 Å². The normalized spacial score (nSPS) is 10.3. The van der Waals surface area contributed by atoms with Gasteiger partial charge in [-0.1, -0.05) is 23.8 Å². The summed E-state index contributed by atoms with van der Waals surface area (Å²) in [6.45, 7) is 5.07. The first kappa shape index (κ1) is 12.1. The Kier molecular flexibility index (Phi) is 3.79. The fraction of sp³-hybridized carbons (Fsp3) is 0.214. The molecule has 2 aromatic rings. The van der Waals surface area contributed by atoms with Gasteiger partial charge in [-0.2, -0.15) is 0 Å². The molecule has 0 amide bonds. The number of benzene rings is 1. The summed E-state index contributed by atoms with van der Waals surface area (Å²) < 4.78 is 0.852. The summed E-state index contributed by atoms with van der Waals surface area (Å²) in [6, 6.07) is 10.5. The number of nitrogens with zero attached hydrogens (tertiary/aromatic N) is 1. The molecule has 2 nitrogen and oxygen atoms in total. The minimum Gasteiger partial charge on any atom is -0.379 e. The molecule has 1 N–H and O–H groups in total. The Morgan fingerprint density at radius 2 is 2.06 bits per heavy atom. The van der Waals surface area contributed by atoms with E-state index < -0.39 is 0 Å². The van der Waals surface area contributed by atoms with E-state index in [1.165, 1.54) is 16.7 Å². The van der Waals surface area contributed by atoms with Crippen LogP contribution >= 0.6 is 15.9 Å². The van der Waals surface area contributed by atoms with Crippen molar-refractivity contribution in [1.82, 2.24) is 4.98 Å². The molecule has 17 heavy (non-hydrogen) atoms. The minimum absolute atomic E-state index is 0.816. The Balaban J connectivity index is 2.10. The maximum absolute atomic E-state index is 4.18. The SMILES string of the molecule is Cc1ccc(CNc2cccnc2Br)c(C)c1. The van der Waals surface area contributed by atoms with E-state index in [0.29, 0.717) is 0 Å². The standard InChI is InChI=1S/C14H15BrN2/c1-10-5-6-12(11(2)8-10)9-17-13-4-3-7-16-14(13)15/h3-8,17H,9H2,1-2H3. The lowest BCUT2D eigenvalue weighted by Gasteiger charge is -2.10. The van der Waals surface area contributed by atoms with Crippen LogP contribution in [-0.4, -0.2) is 4.98 Å². The molecule has 0 aliphatic carbocycles. The minimum atomic E-state index is 0.816. The fourth-order valence-corrected chi connectivity index (χ4v) is 2.14. The van der Waals surface area contributed by atoms with Gasteiger partial charge in [-0.15, -0.1) is 0 Å². The van der Waals surface area contributed by atoms with Crippen LogP contribution in [0.3, 0.4) is 0 Å². The Morgan fingerprint density at radius 1 is 1.24 bits per heavy atom. The molecule has 1 aromatic heterocycles. The van der Waals surface area contributed by atoms with Gasteiger partial charge in [0.1, 0.15) is 4.60 Å². The predicted molar refractivity (Wildman–Crippen MR) is 75.2 cm³/mol. The van der Waals surface area contributed by atoms with Crippen LogP contribution in [0.15, 0.2) is 41.1 Å². The van der Waals surface area contributed by atoms with Crippen LogP contribution in [0, 0.1) is 13.8 Å². The van der Waals surface area contributed by atoms with E-state index in [1.54, 1.807) is 6.20 Å². The van der Waals surface area contributed by atoms with E-state index in [2.05, 4.69) is 58.3 Å². The summed E-state index contributed by atoms with van der Waals surface area (Å²) in [4.78, 5) is 4.18. The molecule has 0 atom stereocenters. The summed E-state index contributed by atoms with van der Waals surface area (Å²) in [7, 11) is 0. The van der Waals surface area contributed by atoms with Crippen molar-refractivity contribution in [2.75, 3.05) is 5.32 Å². The van der Waals surface area contributed by atoms with Gasteiger partial charge in [0.2, 0.25) is 0 Å². The van der Waals surface area contributed by atoms with Gasteiger partial charge >= 0.3 is 0 Å². The van der Waals surface area contributed by atoms with Crippen molar-refractivity contribution in [1.29, 1.82) is 0 Å². The lowest BCUT2D eigenvalue weighted by molar-refractivity contribution is 1.10. The highest BCUT2D eigenvalue weighted by atomic mass is 79.9. The molecular weight excluding hydrogens is 276 g/mol. The number of rotatable bonds is 3. The van der Waals surface area contributed by atoms with Gasteiger partial charge in [0.05, 0.1) is 5.69 Å². The van der Waals surface area contributed by atoms with Crippen LogP contribution in [0.1, 0.15) is 16.7 Å². The Morgan fingerprint density at radius 3 is 2.76 bits per heavy atom. The maximum atomic E-state index is 4.18. The fourth-order valence-electron chi connectivity index (χ4n) is 1.75. The highest BCUT2D eigenvalue weighted by Gasteiger charge is 2.01. The van der Waals surface area contributed by atoms with Gasteiger partial charge in [0, 0.05) is 12.7 Å². The highest BCUT2D eigenvalue weighted by Crippen LogP contribution is 2.20. The second-order valence-corrected chi connectivity index (χ2v) is 4.88. The van der Waals surface area contributed by atoms with Gasteiger partial charge in [-0.3, -0.25) is 0 Å². The maximum Gasteiger partial charge on any atom is 0.129 e. The molecule has 0 aliphatic rings. The Bertz CT molecular complexity index is 523. The Hall–Kier alpha value is -1.35. The van der Waals surface area contributed by atoms with E-state index in [1.807, 2.05) is 12.1 Å². The summed E-state index contributed by atoms with van der Waals surface area (Å²) >= 11 is 3.43. The van der Waals surface area contributed by atoms with Crippen molar-refractivity contribution in [2.24, 2.45) is 0 Å². The molecule has 0 aliphatic heterocycles. The van der Waals surface area contributed by atoms with Crippen molar-refractivity contribution in [3.05, 3.63) is 57.8 Å². The van der Waals surface area contributed by atoms with Crippen molar-refractivity contribution < 1.29 is 0 Å². The average molecular weight is 291 g/mol. The van der Waals surface area contributed by atoms with Crippen LogP contribution in [0.5, 0.6) is 0 Å². The summed E-state index contributed by atoms with van der Waals surface area (Å²) in [5, 5.41) is 3.38. The summed E-state index contributed by atoms with van der Waals surface area (Å²) in [5.74, 6) is 0. The number of halogens is 1. The van der Waals surface area contributed by atoms with E-state index in [4.69, 9.17) is 0 Å². The van der Waals surface area contributed by atoms with Crippen molar-refractivity contribution in [2.45, 2.75) is 20.4 Å². The molecule has 88 valence electrons. The second kappa shape index (κ2) is 5.32. The third kappa shape index (κ3) is 3.07. The topological polar surface area (TPSA) is 24.9 Å². The molecule has 1 aromatic carbocycles. The van der Waals surface area contributed by atoms with Crippen molar-refractivity contribution in [3.63, 3.8) is 0 Å². The lowest BCUT2D eigenvalue weighted by atomic mass is 10.1. The number of aryl methyl sites for hydroxylation is 2. The molecule has 2 rings (SSSR count). The first-order chi connectivity index (χ1) is 8.16. The third-order valence-electron chi connectivity index (χ3n) is 2.73. The van der Waals surface area contributed by atoms with Gasteiger partial charge in [-0.05, 0) is 53.0 Å². The lowest BCUT2D eigenvalue weighted by Crippen LogP contribution is -2.02. The van der Waals surface area contributed by atoms with Crippen molar-refractivity contribution >= 4 is 21.6 Å². The first-order valence-corrected chi connectivity index (χ1v) is 6.36. The molecule has 0 spiro atoms. The molecular formula is C14H15BrN2. The van der Waals surface area contributed by atoms with Crippen LogP contribution in [-0.2, 0) is 6.54 Å². The van der Waals surface area contributed by atoms with Gasteiger partial charge in [-0.25, -0.2) is 4.98 Å². The van der Waals surface area contributed by atoms with Crippen LogP contribution in [0.4, 0.5) is 5.69 Å². The summed E-state index contributed by atoms with van der Waals surface area (Å²) in [5.41, 5.74) is 4.95. The third-order valence-corrected chi connectivity index (χ3v) is 3.36. The number of pyridine rings is 1. The van der Waals surface area contributed by atoms with Crippen LogP contribution in [0.25, 0.3) is 0 Å². The van der Waals surface area contributed by atoms with Gasteiger partial charge < -0.3 is 5.32 Å². The Labute approximate surface area is 110 Å². The quantitative estimate of drug-likeness (QED) is 0.862. The average Bonchev–Trinajstić information content (AvgIpc) is 2.30. The number of hydrogen-bond acceptors (Lipinski definition) is 2. The van der Waals surface area contributed by atoms with Crippen molar-refractivity contribution in [3.8, 4) is 0 Å². The smallest absolute Gasteiger partial charge is 0.129 e. The molecule has 3 heteroatoms. The van der Waals surface area contributed by atoms with E-state index in [0.717, 1.165) is 16.8 Å².